The fourth-order valence-electron chi connectivity index (χ4n) is 4.25. The molecule has 0 aliphatic carbocycles. The summed E-state index contributed by atoms with van der Waals surface area (Å²) in [6.07, 6.45) is 5.95. The highest BCUT2D eigenvalue weighted by Gasteiger charge is 2.32. The van der Waals surface area contributed by atoms with E-state index in [-0.39, 0.29) is 6.04 Å². The maximum atomic E-state index is 9.17. The van der Waals surface area contributed by atoms with Gasteiger partial charge in [-0.1, -0.05) is 42.5 Å². The van der Waals surface area contributed by atoms with Crippen molar-refractivity contribution in [3.8, 4) is 6.07 Å². The zero-order chi connectivity index (χ0) is 19.9. The number of quaternary nitrogens is 1. The molecule has 6 nitrogen and oxygen atoms in total. The minimum atomic E-state index is 0.0895. The molecule has 0 unspecified atom stereocenters. The topological polar surface area (TPSA) is 71.8 Å². The van der Waals surface area contributed by atoms with Crippen molar-refractivity contribution in [2.45, 2.75) is 44.7 Å². The van der Waals surface area contributed by atoms with Gasteiger partial charge in [-0.3, -0.25) is 0 Å². The molecule has 6 heteroatoms. The van der Waals surface area contributed by atoms with Crippen molar-refractivity contribution in [3.63, 3.8) is 0 Å². The average Bonchev–Trinajstić information content (AvgIpc) is 3.06. The van der Waals surface area contributed by atoms with E-state index in [0.717, 1.165) is 31.9 Å². The van der Waals surface area contributed by atoms with E-state index < -0.39 is 0 Å². The van der Waals surface area contributed by atoms with Crippen LogP contribution in [0.15, 0.2) is 54.6 Å². The summed E-state index contributed by atoms with van der Waals surface area (Å²) in [5.41, 5.74) is 3.14. The zero-order valence-corrected chi connectivity index (χ0v) is 16.7. The number of aromatic nitrogens is 4. The van der Waals surface area contributed by atoms with Gasteiger partial charge in [0.25, 0.3) is 0 Å². The third-order valence-electron chi connectivity index (χ3n) is 5.80. The highest BCUT2D eigenvalue weighted by molar-refractivity contribution is 5.33. The van der Waals surface area contributed by atoms with Gasteiger partial charge in [-0.2, -0.15) is 5.26 Å². The van der Waals surface area contributed by atoms with Crippen LogP contribution in [0.2, 0.25) is 0 Å². The van der Waals surface area contributed by atoms with Crippen LogP contribution in [-0.4, -0.2) is 33.3 Å². The van der Waals surface area contributed by atoms with Gasteiger partial charge in [0, 0.05) is 12.1 Å². The fraction of sp³-hybridized carbons (Fsp3) is 0.391. The van der Waals surface area contributed by atoms with Crippen LogP contribution in [0.5, 0.6) is 0 Å². The summed E-state index contributed by atoms with van der Waals surface area (Å²) >= 11 is 0. The Morgan fingerprint density at radius 1 is 0.966 bits per heavy atom. The summed E-state index contributed by atoms with van der Waals surface area (Å²) in [4.78, 5) is 1.52. The van der Waals surface area contributed by atoms with Crippen molar-refractivity contribution < 1.29 is 4.90 Å². The molecule has 2 aromatic carbocycles. The molecule has 3 aromatic rings. The Morgan fingerprint density at radius 3 is 2.38 bits per heavy atom. The second-order valence-electron chi connectivity index (χ2n) is 7.74. The van der Waals surface area contributed by atoms with Gasteiger partial charge in [-0.25, -0.2) is 4.68 Å². The number of nitrogens with zero attached hydrogens (tertiary/aromatic N) is 5. The van der Waals surface area contributed by atoms with E-state index in [2.05, 4.69) is 58.0 Å². The first-order chi connectivity index (χ1) is 14.3. The Morgan fingerprint density at radius 2 is 1.69 bits per heavy atom. The maximum Gasteiger partial charge on any atom is 0.214 e. The van der Waals surface area contributed by atoms with Crippen LogP contribution in [-0.2, 0) is 13.0 Å². The smallest absolute Gasteiger partial charge is 0.214 e. The third-order valence-corrected chi connectivity index (χ3v) is 5.80. The van der Waals surface area contributed by atoms with Crippen LogP contribution in [0.4, 0.5) is 0 Å². The molecule has 1 saturated heterocycles. The van der Waals surface area contributed by atoms with E-state index in [1.54, 1.807) is 0 Å². The van der Waals surface area contributed by atoms with Crippen LogP contribution in [0.25, 0.3) is 0 Å². The molecule has 1 atom stereocenters. The normalized spacial score (nSPS) is 16.1. The van der Waals surface area contributed by atoms with E-state index in [0.29, 0.717) is 5.56 Å². The second-order valence-corrected chi connectivity index (χ2v) is 7.74. The first-order valence-corrected chi connectivity index (χ1v) is 10.5. The minimum Gasteiger partial charge on any atom is -0.322 e. The van der Waals surface area contributed by atoms with Gasteiger partial charge in [-0.05, 0) is 60.2 Å². The van der Waals surface area contributed by atoms with Crippen LogP contribution in [0, 0.1) is 11.3 Å². The monoisotopic (exact) mass is 387 g/mol. The van der Waals surface area contributed by atoms with E-state index in [4.69, 9.17) is 5.26 Å². The molecule has 1 N–H and O–H groups in total. The summed E-state index contributed by atoms with van der Waals surface area (Å²) in [6.45, 7) is 3.00. The molecule has 0 spiro atoms. The van der Waals surface area contributed by atoms with E-state index >= 15 is 0 Å². The number of hydrogen-bond acceptors (Lipinski definition) is 4. The van der Waals surface area contributed by atoms with Gasteiger partial charge in [-0.15, -0.1) is 5.10 Å². The van der Waals surface area contributed by atoms with Crippen LogP contribution in [0.3, 0.4) is 0 Å². The predicted molar refractivity (Wildman–Crippen MR) is 110 cm³/mol. The van der Waals surface area contributed by atoms with E-state index in [1.165, 1.54) is 41.7 Å². The average molecular weight is 388 g/mol. The molecule has 0 bridgehead atoms. The molecule has 1 fully saturated rings. The van der Waals surface area contributed by atoms with Gasteiger partial charge in [0.05, 0.1) is 24.7 Å². The predicted octanol–water partition coefficient (Wildman–Crippen LogP) is 2.34. The number of benzene rings is 2. The molecular formula is C23H27N6+. The number of nitrogens with one attached hydrogen (secondary N) is 1. The summed E-state index contributed by atoms with van der Waals surface area (Å²) in [5, 5.41) is 22.0. The largest absolute Gasteiger partial charge is 0.322 e. The lowest BCUT2D eigenvalue weighted by molar-refractivity contribution is -0.925. The third kappa shape index (κ3) is 4.69. The van der Waals surface area contributed by atoms with Crippen LogP contribution < -0.4 is 4.90 Å². The number of tetrazole rings is 1. The van der Waals surface area contributed by atoms with Crippen molar-refractivity contribution in [2.24, 2.45) is 0 Å². The number of aryl methyl sites for hydroxylation is 2. The maximum absolute atomic E-state index is 9.17. The molecule has 1 aliphatic rings. The minimum absolute atomic E-state index is 0.0895. The van der Waals surface area contributed by atoms with Crippen molar-refractivity contribution >= 4 is 0 Å². The Hall–Kier alpha value is -3.04. The lowest BCUT2D eigenvalue weighted by Crippen LogP contribution is -3.12. The Kier molecular flexibility index (Phi) is 6.28. The van der Waals surface area contributed by atoms with Crippen LogP contribution >= 0.6 is 0 Å². The standard InChI is InChI=1S/C23H26N6/c24-18-20-10-12-21(13-11-20)22(28-15-6-1-2-7-16-28)23-25-26-27-29(23)17-14-19-8-4-3-5-9-19/h3-5,8-13,22H,1-2,6-7,14-17H2/p+1/t22-/m0/s1. The lowest BCUT2D eigenvalue weighted by atomic mass is 10.0. The van der Waals surface area contributed by atoms with Crippen molar-refractivity contribution in [1.29, 1.82) is 5.26 Å². The Balaban J connectivity index is 1.64. The SMILES string of the molecule is N#Cc1ccc([C@@H](c2nnnn2CCc2ccccc2)[NH+]2CCCCCC2)cc1. The summed E-state index contributed by atoms with van der Waals surface area (Å²) in [7, 11) is 0. The number of nitriles is 1. The lowest BCUT2D eigenvalue weighted by Gasteiger charge is -2.27. The van der Waals surface area contributed by atoms with Crippen LogP contribution in [0.1, 0.15) is 54.2 Å². The molecule has 0 radical (unpaired) electrons. The number of likely N-dealkylation sites (tertiary alicyclic amines) is 1. The fourth-order valence-corrected chi connectivity index (χ4v) is 4.25. The van der Waals surface area contributed by atoms with Crippen molar-refractivity contribution in [1.82, 2.24) is 20.2 Å². The van der Waals surface area contributed by atoms with Gasteiger partial charge < -0.3 is 4.90 Å². The molecule has 1 aliphatic heterocycles. The molecular weight excluding hydrogens is 360 g/mol. The van der Waals surface area contributed by atoms with Gasteiger partial charge in [0.2, 0.25) is 5.82 Å². The second kappa shape index (κ2) is 9.44. The summed E-state index contributed by atoms with van der Waals surface area (Å²) in [6, 6.07) is 20.7. The number of rotatable bonds is 6. The molecule has 148 valence electrons. The summed E-state index contributed by atoms with van der Waals surface area (Å²) in [5.74, 6) is 0.919. The molecule has 0 saturated carbocycles. The van der Waals surface area contributed by atoms with E-state index in [1.807, 2.05) is 22.9 Å². The molecule has 0 amide bonds. The number of hydrogen-bond donors (Lipinski definition) is 1. The van der Waals surface area contributed by atoms with Gasteiger partial charge >= 0.3 is 0 Å². The van der Waals surface area contributed by atoms with Gasteiger partial charge in [0.1, 0.15) is 0 Å². The summed E-state index contributed by atoms with van der Waals surface area (Å²) < 4.78 is 1.97. The quantitative estimate of drug-likeness (QED) is 0.705. The first kappa shape index (κ1) is 19.3. The van der Waals surface area contributed by atoms with Crippen molar-refractivity contribution in [3.05, 3.63) is 77.1 Å². The highest BCUT2D eigenvalue weighted by atomic mass is 15.5. The zero-order valence-electron chi connectivity index (χ0n) is 16.7. The molecule has 2 heterocycles. The molecule has 1 aromatic heterocycles. The highest BCUT2D eigenvalue weighted by Crippen LogP contribution is 2.19. The Labute approximate surface area is 171 Å². The van der Waals surface area contributed by atoms with Gasteiger partial charge in [0.15, 0.2) is 6.04 Å². The molecule has 29 heavy (non-hydrogen) atoms. The first-order valence-electron chi connectivity index (χ1n) is 10.5. The van der Waals surface area contributed by atoms with Crippen molar-refractivity contribution in [2.75, 3.05) is 13.1 Å². The Bertz CT molecular complexity index is 934. The molecule has 4 rings (SSSR count). The van der Waals surface area contributed by atoms with E-state index in [9.17, 15) is 0 Å².